The molecule has 4 rings (SSSR count). The summed E-state index contributed by atoms with van der Waals surface area (Å²) in [5.74, 6) is -0.267. The minimum atomic E-state index is -0.267. The Morgan fingerprint density at radius 3 is 2.96 bits per heavy atom. The number of carbonyl (C=O) groups is 1. The molecule has 2 heterocycles. The molecule has 144 valence electrons. The Labute approximate surface area is 160 Å². The van der Waals surface area contributed by atoms with Crippen molar-refractivity contribution in [1.82, 2.24) is 9.88 Å². The van der Waals surface area contributed by atoms with Crippen molar-refractivity contribution in [2.24, 2.45) is 0 Å². The fraction of sp³-hybridized carbons (Fsp3) is 0.545. The van der Waals surface area contributed by atoms with Crippen LogP contribution in [0.4, 0.5) is 0 Å². The van der Waals surface area contributed by atoms with E-state index in [1.807, 2.05) is 38.1 Å². The van der Waals surface area contributed by atoms with Gasteiger partial charge in [0.1, 0.15) is 0 Å². The second-order valence-corrected chi connectivity index (χ2v) is 7.53. The smallest absolute Gasteiger partial charge is 0.340 e. The summed E-state index contributed by atoms with van der Waals surface area (Å²) in [5.41, 5.74) is 3.36. The van der Waals surface area contributed by atoms with Crippen molar-refractivity contribution < 1.29 is 14.3 Å². The molecule has 0 N–H and O–H groups in total. The van der Waals surface area contributed by atoms with Crippen LogP contribution in [-0.4, -0.2) is 47.8 Å². The molecule has 0 amide bonds. The predicted molar refractivity (Wildman–Crippen MR) is 105 cm³/mol. The molecule has 1 saturated carbocycles. The quantitative estimate of drug-likeness (QED) is 0.767. The minimum absolute atomic E-state index is 0.267. The molecule has 1 saturated heterocycles. The first-order valence-corrected chi connectivity index (χ1v) is 10.1. The Hall–Kier alpha value is -1.98. The van der Waals surface area contributed by atoms with Crippen LogP contribution in [0.1, 0.15) is 54.2 Å². The number of ether oxygens (including phenoxy) is 2. The standard InChI is InChI=1S/C22H28N2O3/c1-3-26-22(25)21-15(2)16-8-4-5-9-17(16)23-18(21)14-24-12-13-27-20-11-7-6-10-19(20)24/h4-5,8-9,19-20H,3,6-7,10-14H2,1-2H3. The molecule has 5 heteroatoms. The van der Waals surface area contributed by atoms with E-state index in [9.17, 15) is 4.79 Å². The summed E-state index contributed by atoms with van der Waals surface area (Å²) >= 11 is 0. The van der Waals surface area contributed by atoms with Gasteiger partial charge in [0.05, 0.1) is 36.1 Å². The van der Waals surface area contributed by atoms with Crippen molar-refractivity contribution >= 4 is 16.9 Å². The number of fused-ring (bicyclic) bond motifs is 2. The number of carbonyl (C=O) groups excluding carboxylic acids is 1. The van der Waals surface area contributed by atoms with Gasteiger partial charge in [-0.3, -0.25) is 9.88 Å². The van der Waals surface area contributed by atoms with Gasteiger partial charge in [0.25, 0.3) is 0 Å². The Morgan fingerprint density at radius 2 is 2.11 bits per heavy atom. The molecular formula is C22H28N2O3. The summed E-state index contributed by atoms with van der Waals surface area (Å²) in [6, 6.07) is 8.45. The summed E-state index contributed by atoms with van der Waals surface area (Å²) in [6.07, 6.45) is 5.11. The number of para-hydroxylation sites is 1. The number of pyridine rings is 1. The number of esters is 1. The van der Waals surface area contributed by atoms with E-state index < -0.39 is 0 Å². The van der Waals surface area contributed by atoms with Gasteiger partial charge < -0.3 is 9.47 Å². The molecule has 27 heavy (non-hydrogen) atoms. The van der Waals surface area contributed by atoms with Gasteiger partial charge in [0, 0.05) is 24.5 Å². The molecule has 1 aromatic carbocycles. The third-order valence-corrected chi connectivity index (χ3v) is 5.91. The average molecular weight is 368 g/mol. The second-order valence-electron chi connectivity index (χ2n) is 7.53. The lowest BCUT2D eigenvalue weighted by molar-refractivity contribution is -0.0914. The molecule has 2 atom stereocenters. The molecule has 2 fully saturated rings. The number of aryl methyl sites for hydroxylation is 1. The maximum Gasteiger partial charge on any atom is 0.340 e. The first-order valence-electron chi connectivity index (χ1n) is 10.1. The van der Waals surface area contributed by atoms with Gasteiger partial charge in [-0.25, -0.2) is 4.79 Å². The van der Waals surface area contributed by atoms with Gasteiger partial charge in [-0.2, -0.15) is 0 Å². The number of aromatic nitrogens is 1. The Kier molecular flexibility index (Phi) is 5.41. The normalized spacial score (nSPS) is 23.2. The van der Waals surface area contributed by atoms with Crippen molar-refractivity contribution in [2.45, 2.75) is 58.2 Å². The third-order valence-electron chi connectivity index (χ3n) is 5.91. The monoisotopic (exact) mass is 368 g/mol. The summed E-state index contributed by atoms with van der Waals surface area (Å²) < 4.78 is 11.4. The minimum Gasteiger partial charge on any atom is -0.462 e. The molecule has 2 aliphatic rings. The number of hydrogen-bond acceptors (Lipinski definition) is 5. The maximum atomic E-state index is 12.7. The molecule has 0 bridgehead atoms. The van der Waals surface area contributed by atoms with Crippen molar-refractivity contribution in [3.05, 3.63) is 41.1 Å². The average Bonchev–Trinajstić information content (AvgIpc) is 2.69. The van der Waals surface area contributed by atoms with Crippen molar-refractivity contribution in [3.8, 4) is 0 Å². The zero-order chi connectivity index (χ0) is 18.8. The third kappa shape index (κ3) is 3.58. The Balaban J connectivity index is 1.73. The fourth-order valence-corrected chi connectivity index (χ4v) is 4.59. The lowest BCUT2D eigenvalue weighted by Gasteiger charge is -2.43. The van der Waals surface area contributed by atoms with Crippen molar-refractivity contribution in [2.75, 3.05) is 19.8 Å². The van der Waals surface area contributed by atoms with E-state index in [1.165, 1.54) is 12.8 Å². The van der Waals surface area contributed by atoms with E-state index in [0.29, 0.717) is 30.9 Å². The number of nitrogens with zero attached hydrogens (tertiary/aromatic N) is 2. The van der Waals surface area contributed by atoms with Gasteiger partial charge >= 0.3 is 5.97 Å². The maximum absolute atomic E-state index is 12.7. The van der Waals surface area contributed by atoms with E-state index in [0.717, 1.165) is 48.2 Å². The van der Waals surface area contributed by atoms with E-state index in [2.05, 4.69) is 4.90 Å². The first-order chi connectivity index (χ1) is 13.2. The molecule has 1 aliphatic carbocycles. The molecule has 2 unspecified atom stereocenters. The number of rotatable bonds is 4. The van der Waals surface area contributed by atoms with Crippen LogP contribution in [0, 0.1) is 6.92 Å². The highest BCUT2D eigenvalue weighted by Gasteiger charge is 2.35. The van der Waals surface area contributed by atoms with Gasteiger partial charge in [0.2, 0.25) is 0 Å². The molecule has 1 aromatic heterocycles. The van der Waals surface area contributed by atoms with Crippen LogP contribution in [0.2, 0.25) is 0 Å². The zero-order valence-electron chi connectivity index (χ0n) is 16.2. The first kappa shape index (κ1) is 18.4. The largest absolute Gasteiger partial charge is 0.462 e. The van der Waals surface area contributed by atoms with Crippen molar-refractivity contribution in [1.29, 1.82) is 0 Å². The van der Waals surface area contributed by atoms with Crippen molar-refractivity contribution in [3.63, 3.8) is 0 Å². The molecule has 0 radical (unpaired) electrons. The number of hydrogen-bond donors (Lipinski definition) is 0. The highest BCUT2D eigenvalue weighted by Crippen LogP contribution is 2.31. The van der Waals surface area contributed by atoms with Crippen LogP contribution in [0.3, 0.4) is 0 Å². The van der Waals surface area contributed by atoms with Crippen LogP contribution in [-0.2, 0) is 16.0 Å². The highest BCUT2D eigenvalue weighted by molar-refractivity contribution is 5.98. The van der Waals surface area contributed by atoms with E-state index in [1.54, 1.807) is 0 Å². The van der Waals surface area contributed by atoms with Gasteiger partial charge in [-0.05, 0) is 38.3 Å². The summed E-state index contributed by atoms with van der Waals surface area (Å²) in [6.45, 7) is 6.52. The van der Waals surface area contributed by atoms with Gasteiger partial charge in [-0.15, -0.1) is 0 Å². The molecule has 1 aliphatic heterocycles. The van der Waals surface area contributed by atoms with Gasteiger partial charge in [-0.1, -0.05) is 31.0 Å². The summed E-state index contributed by atoms with van der Waals surface area (Å²) in [5, 5.41) is 1.02. The molecular weight excluding hydrogens is 340 g/mol. The zero-order valence-corrected chi connectivity index (χ0v) is 16.2. The van der Waals surface area contributed by atoms with E-state index in [-0.39, 0.29) is 5.97 Å². The predicted octanol–water partition coefficient (Wildman–Crippen LogP) is 3.86. The fourth-order valence-electron chi connectivity index (χ4n) is 4.59. The second kappa shape index (κ2) is 7.95. The number of morpholine rings is 1. The number of benzene rings is 1. The molecule has 0 spiro atoms. The van der Waals surface area contributed by atoms with Gasteiger partial charge in [0.15, 0.2) is 0 Å². The van der Waals surface area contributed by atoms with Crippen LogP contribution < -0.4 is 0 Å². The molecule has 5 nitrogen and oxygen atoms in total. The summed E-state index contributed by atoms with van der Waals surface area (Å²) in [7, 11) is 0. The van der Waals surface area contributed by atoms with Crippen LogP contribution >= 0.6 is 0 Å². The van der Waals surface area contributed by atoms with Crippen LogP contribution in [0.15, 0.2) is 24.3 Å². The van der Waals surface area contributed by atoms with E-state index in [4.69, 9.17) is 14.5 Å². The lowest BCUT2D eigenvalue weighted by Crippen LogP contribution is -2.52. The topological polar surface area (TPSA) is 51.7 Å². The SMILES string of the molecule is CCOC(=O)c1c(CN2CCOC3CCCCC32)nc2ccccc2c1C. The van der Waals surface area contributed by atoms with E-state index >= 15 is 0 Å². The molecule has 2 aromatic rings. The highest BCUT2D eigenvalue weighted by atomic mass is 16.5. The lowest BCUT2D eigenvalue weighted by atomic mass is 9.89. The Morgan fingerprint density at radius 1 is 1.30 bits per heavy atom. The Bertz CT molecular complexity index is 834. The summed E-state index contributed by atoms with van der Waals surface area (Å²) in [4.78, 5) is 20.1. The van der Waals surface area contributed by atoms with Crippen LogP contribution in [0.25, 0.3) is 10.9 Å². The van der Waals surface area contributed by atoms with Crippen LogP contribution in [0.5, 0.6) is 0 Å².